The Kier molecular flexibility index (Phi) is 4.27. The monoisotopic (exact) mass is 379 g/mol. The highest BCUT2D eigenvalue weighted by Gasteiger charge is 2.42. The summed E-state index contributed by atoms with van der Waals surface area (Å²) >= 11 is 6.29. The Bertz CT molecular complexity index is 1030. The number of rotatable bonds is 4. The van der Waals surface area contributed by atoms with Crippen molar-refractivity contribution in [2.45, 2.75) is 31.6 Å². The van der Waals surface area contributed by atoms with E-state index in [4.69, 9.17) is 11.6 Å². The van der Waals surface area contributed by atoms with Gasteiger partial charge >= 0.3 is 0 Å². The molecular formula is C22H22ClN3O. The molecule has 2 saturated heterocycles. The molecule has 2 bridgehead atoms. The van der Waals surface area contributed by atoms with Gasteiger partial charge in [-0.3, -0.25) is 14.6 Å². The van der Waals surface area contributed by atoms with Gasteiger partial charge in [0, 0.05) is 55.4 Å². The number of nitrogens with zero attached hydrogens (tertiary/aromatic N) is 2. The lowest BCUT2D eigenvalue weighted by molar-refractivity contribution is 0.117. The van der Waals surface area contributed by atoms with Crippen molar-refractivity contribution in [3.63, 3.8) is 0 Å². The van der Waals surface area contributed by atoms with Crippen LogP contribution in [0.1, 0.15) is 17.7 Å². The van der Waals surface area contributed by atoms with Gasteiger partial charge in [-0.15, -0.1) is 0 Å². The Morgan fingerprint density at radius 2 is 1.70 bits per heavy atom. The van der Waals surface area contributed by atoms with Crippen molar-refractivity contribution in [3.8, 4) is 0 Å². The maximum absolute atomic E-state index is 12.4. The zero-order chi connectivity index (χ0) is 18.4. The van der Waals surface area contributed by atoms with Gasteiger partial charge < -0.3 is 4.98 Å². The van der Waals surface area contributed by atoms with Crippen molar-refractivity contribution in [2.75, 3.05) is 13.1 Å². The van der Waals surface area contributed by atoms with E-state index >= 15 is 0 Å². The number of piperazine rings is 1. The molecule has 138 valence electrons. The second kappa shape index (κ2) is 6.79. The van der Waals surface area contributed by atoms with Crippen LogP contribution in [0.5, 0.6) is 0 Å². The lowest BCUT2D eigenvalue weighted by Crippen LogP contribution is -2.45. The van der Waals surface area contributed by atoms with E-state index in [1.54, 1.807) is 6.07 Å². The largest absolute Gasteiger partial charge is 0.356 e. The Morgan fingerprint density at radius 3 is 2.44 bits per heavy atom. The smallest absolute Gasteiger partial charge is 0.189 e. The fourth-order valence-corrected chi connectivity index (χ4v) is 4.85. The molecule has 2 aliphatic rings. The predicted octanol–water partition coefficient (Wildman–Crippen LogP) is 3.64. The second-order valence-corrected chi connectivity index (χ2v) is 8.12. The Balaban J connectivity index is 1.31. The average Bonchev–Trinajstić information content (AvgIpc) is 3.23. The molecule has 1 aromatic heterocycles. The van der Waals surface area contributed by atoms with Crippen LogP contribution < -0.4 is 5.43 Å². The topological polar surface area (TPSA) is 39.3 Å². The molecule has 5 heteroatoms. The summed E-state index contributed by atoms with van der Waals surface area (Å²) < 4.78 is 0. The summed E-state index contributed by atoms with van der Waals surface area (Å²) in [5.74, 6) is 0. The van der Waals surface area contributed by atoms with E-state index in [1.165, 1.54) is 12.0 Å². The third kappa shape index (κ3) is 3.18. The van der Waals surface area contributed by atoms with E-state index in [1.807, 2.05) is 18.2 Å². The number of nitrogens with one attached hydrogen (secondary N) is 1. The molecule has 0 amide bonds. The van der Waals surface area contributed by atoms with Crippen molar-refractivity contribution in [1.82, 2.24) is 14.8 Å². The fraction of sp³-hybridized carbons (Fsp3) is 0.318. The van der Waals surface area contributed by atoms with Crippen LogP contribution in [0.15, 0.2) is 59.4 Å². The van der Waals surface area contributed by atoms with Gasteiger partial charge in [0.1, 0.15) is 0 Å². The number of benzene rings is 2. The minimum Gasteiger partial charge on any atom is -0.356 e. The molecular weight excluding hydrogens is 358 g/mol. The minimum absolute atomic E-state index is 0.0383. The van der Waals surface area contributed by atoms with E-state index in [0.29, 0.717) is 22.5 Å². The molecule has 2 aromatic carbocycles. The molecule has 3 aromatic rings. The second-order valence-electron chi connectivity index (χ2n) is 7.71. The summed E-state index contributed by atoms with van der Waals surface area (Å²) in [6.45, 7) is 3.95. The highest BCUT2D eigenvalue weighted by molar-refractivity contribution is 6.35. The van der Waals surface area contributed by atoms with Gasteiger partial charge in [0.15, 0.2) is 5.43 Å². The van der Waals surface area contributed by atoms with Crippen LogP contribution in [-0.4, -0.2) is 40.0 Å². The van der Waals surface area contributed by atoms with Crippen molar-refractivity contribution < 1.29 is 0 Å². The summed E-state index contributed by atoms with van der Waals surface area (Å²) in [5.41, 5.74) is 3.11. The van der Waals surface area contributed by atoms with Crippen LogP contribution in [0.2, 0.25) is 5.02 Å². The van der Waals surface area contributed by atoms with Crippen LogP contribution >= 0.6 is 11.6 Å². The number of halogens is 1. The molecule has 3 heterocycles. The molecule has 2 atom stereocenters. The number of aromatic nitrogens is 1. The van der Waals surface area contributed by atoms with Crippen molar-refractivity contribution >= 4 is 22.5 Å². The summed E-state index contributed by atoms with van der Waals surface area (Å²) in [5, 5.41) is 1.26. The molecule has 2 fully saturated rings. The molecule has 2 aliphatic heterocycles. The Morgan fingerprint density at radius 1 is 0.963 bits per heavy atom. The number of hydrogen-bond acceptors (Lipinski definition) is 3. The third-order valence-corrected chi connectivity index (χ3v) is 6.25. The molecule has 0 spiro atoms. The number of fused-ring (bicyclic) bond motifs is 3. The molecule has 0 radical (unpaired) electrons. The molecule has 0 saturated carbocycles. The van der Waals surface area contributed by atoms with Gasteiger partial charge in [-0.25, -0.2) is 0 Å². The normalized spacial score (nSPS) is 22.7. The minimum atomic E-state index is 0.0383. The summed E-state index contributed by atoms with van der Waals surface area (Å²) in [4.78, 5) is 20.9. The Labute approximate surface area is 163 Å². The Hall–Kier alpha value is -2.14. The molecule has 27 heavy (non-hydrogen) atoms. The van der Waals surface area contributed by atoms with E-state index < -0.39 is 0 Å². The van der Waals surface area contributed by atoms with Crippen LogP contribution in [0.4, 0.5) is 0 Å². The first kappa shape index (κ1) is 17.0. The number of pyridine rings is 1. The van der Waals surface area contributed by atoms with E-state index in [0.717, 1.165) is 37.4 Å². The maximum atomic E-state index is 12.4. The molecule has 5 rings (SSSR count). The summed E-state index contributed by atoms with van der Waals surface area (Å²) in [6, 6.07) is 19.0. The van der Waals surface area contributed by atoms with Crippen molar-refractivity contribution in [3.05, 3.63) is 81.1 Å². The van der Waals surface area contributed by atoms with Gasteiger partial charge in [-0.2, -0.15) is 0 Å². The highest BCUT2D eigenvalue weighted by atomic mass is 35.5. The first-order valence-electron chi connectivity index (χ1n) is 9.50. The first-order valence-corrected chi connectivity index (χ1v) is 9.87. The predicted molar refractivity (Wildman–Crippen MR) is 109 cm³/mol. The van der Waals surface area contributed by atoms with Gasteiger partial charge in [-0.05, 0) is 24.1 Å². The number of aromatic amines is 1. The van der Waals surface area contributed by atoms with Crippen molar-refractivity contribution in [2.24, 2.45) is 0 Å². The lowest BCUT2D eigenvalue weighted by atomic mass is 10.1. The molecule has 4 nitrogen and oxygen atoms in total. The van der Waals surface area contributed by atoms with Crippen molar-refractivity contribution in [1.29, 1.82) is 0 Å². The highest BCUT2D eigenvalue weighted by Crippen LogP contribution is 2.32. The fourth-order valence-electron chi connectivity index (χ4n) is 4.63. The molecule has 1 N–H and O–H groups in total. The number of H-pyrrole nitrogens is 1. The average molecular weight is 380 g/mol. The van der Waals surface area contributed by atoms with Gasteiger partial charge in [-0.1, -0.05) is 48.0 Å². The maximum Gasteiger partial charge on any atom is 0.189 e. The lowest BCUT2D eigenvalue weighted by Gasteiger charge is -2.34. The SMILES string of the molecule is O=c1cc(CN2C[C@@H]3C[C@H]2CN3Cc2ccccc2)[nH]c2c(Cl)cccc12. The van der Waals surface area contributed by atoms with Crippen LogP contribution in [-0.2, 0) is 13.1 Å². The summed E-state index contributed by atoms with van der Waals surface area (Å²) in [6.07, 6.45) is 1.21. The summed E-state index contributed by atoms with van der Waals surface area (Å²) in [7, 11) is 0. The molecule has 0 aliphatic carbocycles. The van der Waals surface area contributed by atoms with E-state index in [-0.39, 0.29) is 5.43 Å². The quantitative estimate of drug-likeness (QED) is 0.752. The first-order chi connectivity index (χ1) is 13.2. The zero-order valence-corrected chi connectivity index (χ0v) is 15.8. The zero-order valence-electron chi connectivity index (χ0n) is 15.1. The van der Waals surface area contributed by atoms with Crippen LogP contribution in [0.25, 0.3) is 10.9 Å². The number of likely N-dealkylation sites (tertiary alicyclic amines) is 2. The van der Waals surface area contributed by atoms with Crippen LogP contribution in [0, 0.1) is 0 Å². The molecule has 0 unspecified atom stereocenters. The van der Waals surface area contributed by atoms with E-state index in [9.17, 15) is 4.79 Å². The number of hydrogen-bond donors (Lipinski definition) is 1. The van der Waals surface area contributed by atoms with E-state index in [2.05, 4.69) is 45.1 Å². The van der Waals surface area contributed by atoms with Gasteiger partial charge in [0.05, 0.1) is 10.5 Å². The van der Waals surface area contributed by atoms with Gasteiger partial charge in [0.25, 0.3) is 0 Å². The van der Waals surface area contributed by atoms with Gasteiger partial charge in [0.2, 0.25) is 0 Å². The number of para-hydroxylation sites is 1. The van der Waals surface area contributed by atoms with Crippen LogP contribution in [0.3, 0.4) is 0 Å². The standard InChI is InChI=1S/C22H22ClN3O/c23-20-8-4-7-19-21(27)9-16(24-22(19)20)12-26-14-17-10-18(26)13-25(17)11-15-5-2-1-3-6-15/h1-9,17-18H,10-14H2,(H,24,27)/t17-,18-/m0/s1. The third-order valence-electron chi connectivity index (χ3n) is 5.94.